The SMILES string of the molecule is COc1cccc(CN2C(=O)N(CCC(C)C)C3(CCN(C4Cc5ccccc5C4)CC3)C2=O)c1. The summed E-state index contributed by atoms with van der Waals surface area (Å²) >= 11 is 0. The van der Waals surface area contributed by atoms with Crippen molar-refractivity contribution < 1.29 is 14.3 Å². The molecule has 2 aromatic rings. The van der Waals surface area contributed by atoms with Crippen molar-refractivity contribution in [2.24, 2.45) is 5.92 Å². The van der Waals surface area contributed by atoms with Crippen molar-refractivity contribution in [3.05, 3.63) is 65.2 Å². The van der Waals surface area contributed by atoms with Crippen molar-refractivity contribution in [2.45, 2.75) is 64.1 Å². The second-order valence-electron chi connectivity index (χ2n) is 10.8. The average molecular weight is 476 g/mol. The van der Waals surface area contributed by atoms with Gasteiger partial charge in [-0.1, -0.05) is 50.2 Å². The number of carbonyl (C=O) groups is 2. The standard InChI is InChI=1S/C29H37N3O3/c1-21(2)11-14-32-28(34)31(20-22-7-6-10-26(17-22)35-3)27(33)29(32)12-15-30(16-13-29)25-18-23-8-4-5-9-24(23)19-25/h4-10,17,21,25H,11-16,18-20H2,1-3H3. The molecule has 35 heavy (non-hydrogen) atoms. The average Bonchev–Trinajstić information content (AvgIpc) is 3.38. The van der Waals surface area contributed by atoms with Crippen LogP contribution in [0.4, 0.5) is 4.79 Å². The van der Waals surface area contributed by atoms with Gasteiger partial charge in [0, 0.05) is 25.7 Å². The fourth-order valence-corrected chi connectivity index (χ4v) is 6.11. The van der Waals surface area contributed by atoms with Gasteiger partial charge in [0.15, 0.2) is 0 Å². The number of rotatable bonds is 7. The van der Waals surface area contributed by atoms with Gasteiger partial charge >= 0.3 is 6.03 Å². The number of amides is 3. The zero-order valence-electron chi connectivity index (χ0n) is 21.2. The summed E-state index contributed by atoms with van der Waals surface area (Å²) in [6, 6.07) is 16.7. The fourth-order valence-electron chi connectivity index (χ4n) is 6.11. The van der Waals surface area contributed by atoms with Crippen molar-refractivity contribution in [3.8, 4) is 5.75 Å². The first-order valence-electron chi connectivity index (χ1n) is 13.0. The highest BCUT2D eigenvalue weighted by Crippen LogP contribution is 2.40. The van der Waals surface area contributed by atoms with Crippen molar-refractivity contribution in [3.63, 3.8) is 0 Å². The van der Waals surface area contributed by atoms with Crippen LogP contribution in [0.5, 0.6) is 5.75 Å². The Hall–Kier alpha value is -2.86. The monoisotopic (exact) mass is 475 g/mol. The van der Waals surface area contributed by atoms with Crippen LogP contribution in [0.25, 0.3) is 0 Å². The van der Waals surface area contributed by atoms with Gasteiger partial charge in [0.25, 0.3) is 5.91 Å². The summed E-state index contributed by atoms with van der Waals surface area (Å²) in [6.45, 7) is 6.96. The largest absolute Gasteiger partial charge is 0.497 e. The second-order valence-corrected chi connectivity index (χ2v) is 10.8. The molecular weight excluding hydrogens is 438 g/mol. The van der Waals surface area contributed by atoms with E-state index >= 15 is 0 Å². The molecule has 6 nitrogen and oxygen atoms in total. The summed E-state index contributed by atoms with van der Waals surface area (Å²) in [5.74, 6) is 1.18. The fraction of sp³-hybridized carbons (Fsp3) is 0.517. The van der Waals surface area contributed by atoms with Gasteiger partial charge < -0.3 is 9.64 Å². The number of fused-ring (bicyclic) bond motifs is 1. The number of benzene rings is 2. The van der Waals surface area contributed by atoms with Gasteiger partial charge in [0.2, 0.25) is 0 Å². The third kappa shape index (κ3) is 4.44. The zero-order valence-corrected chi connectivity index (χ0v) is 21.2. The Morgan fingerprint density at radius 2 is 1.69 bits per heavy atom. The molecule has 2 heterocycles. The van der Waals surface area contributed by atoms with Crippen LogP contribution >= 0.6 is 0 Å². The Kier molecular flexibility index (Phi) is 6.58. The molecule has 2 saturated heterocycles. The van der Waals surface area contributed by atoms with Crippen molar-refractivity contribution in [1.82, 2.24) is 14.7 Å². The molecule has 0 aromatic heterocycles. The maximum absolute atomic E-state index is 13.9. The van der Waals surface area contributed by atoms with Crippen LogP contribution in [-0.4, -0.2) is 65.0 Å². The molecule has 0 radical (unpaired) electrons. The van der Waals surface area contributed by atoms with Crippen LogP contribution < -0.4 is 4.74 Å². The van der Waals surface area contributed by atoms with Gasteiger partial charge in [-0.15, -0.1) is 0 Å². The molecule has 6 heteroatoms. The molecule has 186 valence electrons. The maximum atomic E-state index is 13.9. The number of hydrogen-bond acceptors (Lipinski definition) is 4. The molecule has 0 atom stereocenters. The Balaban J connectivity index is 1.34. The third-order valence-corrected chi connectivity index (χ3v) is 8.20. The molecule has 3 aliphatic rings. The number of likely N-dealkylation sites (tertiary alicyclic amines) is 1. The van der Waals surface area contributed by atoms with E-state index in [0.717, 1.165) is 43.7 Å². The minimum absolute atomic E-state index is 0.0246. The van der Waals surface area contributed by atoms with E-state index in [2.05, 4.69) is 43.0 Å². The topological polar surface area (TPSA) is 53.1 Å². The number of imide groups is 1. The van der Waals surface area contributed by atoms with Gasteiger partial charge in [-0.05, 0) is 66.8 Å². The van der Waals surface area contributed by atoms with Crippen LogP contribution in [0.1, 0.15) is 49.8 Å². The normalized spacial score (nSPS) is 20.3. The number of hydrogen-bond donors (Lipinski definition) is 0. The minimum Gasteiger partial charge on any atom is -0.497 e. The van der Waals surface area contributed by atoms with E-state index in [1.807, 2.05) is 29.2 Å². The Bertz CT molecular complexity index is 1070. The maximum Gasteiger partial charge on any atom is 0.327 e. The van der Waals surface area contributed by atoms with Crippen LogP contribution in [-0.2, 0) is 24.2 Å². The van der Waals surface area contributed by atoms with Gasteiger partial charge in [0.05, 0.1) is 13.7 Å². The van der Waals surface area contributed by atoms with Gasteiger partial charge in [-0.2, -0.15) is 0 Å². The first-order chi connectivity index (χ1) is 16.9. The van der Waals surface area contributed by atoms with E-state index in [-0.39, 0.29) is 18.5 Å². The molecule has 3 amide bonds. The first-order valence-corrected chi connectivity index (χ1v) is 13.0. The van der Waals surface area contributed by atoms with E-state index in [4.69, 9.17) is 4.74 Å². The molecule has 1 aliphatic carbocycles. The number of urea groups is 1. The highest BCUT2D eigenvalue weighted by Gasteiger charge is 2.58. The molecule has 0 unspecified atom stereocenters. The second kappa shape index (κ2) is 9.65. The van der Waals surface area contributed by atoms with Crippen LogP contribution in [0.3, 0.4) is 0 Å². The van der Waals surface area contributed by atoms with E-state index in [0.29, 0.717) is 31.3 Å². The predicted molar refractivity (Wildman–Crippen MR) is 136 cm³/mol. The number of nitrogens with zero attached hydrogens (tertiary/aromatic N) is 3. The van der Waals surface area contributed by atoms with E-state index in [1.54, 1.807) is 7.11 Å². The van der Waals surface area contributed by atoms with E-state index < -0.39 is 5.54 Å². The third-order valence-electron chi connectivity index (χ3n) is 8.20. The Morgan fingerprint density at radius 3 is 2.31 bits per heavy atom. The lowest BCUT2D eigenvalue weighted by Gasteiger charge is -2.44. The molecule has 0 saturated carbocycles. The Labute approximate surface area is 208 Å². The van der Waals surface area contributed by atoms with Gasteiger partial charge in [-0.3, -0.25) is 14.6 Å². The zero-order chi connectivity index (χ0) is 24.6. The molecule has 2 aromatic carbocycles. The van der Waals surface area contributed by atoms with Gasteiger partial charge in [-0.25, -0.2) is 4.79 Å². The van der Waals surface area contributed by atoms with E-state index in [9.17, 15) is 9.59 Å². The number of piperidine rings is 1. The molecule has 0 N–H and O–H groups in total. The quantitative estimate of drug-likeness (QED) is 0.553. The number of carbonyl (C=O) groups excluding carboxylic acids is 2. The lowest BCUT2D eigenvalue weighted by atomic mass is 9.84. The lowest BCUT2D eigenvalue weighted by Crippen LogP contribution is -2.58. The molecule has 2 aliphatic heterocycles. The smallest absolute Gasteiger partial charge is 0.327 e. The summed E-state index contributed by atoms with van der Waals surface area (Å²) in [7, 11) is 1.63. The minimum atomic E-state index is -0.715. The summed E-state index contributed by atoms with van der Waals surface area (Å²) in [5.41, 5.74) is 3.10. The summed E-state index contributed by atoms with van der Waals surface area (Å²) in [5, 5.41) is 0. The first kappa shape index (κ1) is 23.9. The molecule has 2 fully saturated rings. The summed E-state index contributed by atoms with van der Waals surface area (Å²) in [6.07, 6.45) is 4.47. The number of methoxy groups -OCH3 is 1. The molecule has 5 rings (SSSR count). The predicted octanol–water partition coefficient (Wildman–Crippen LogP) is 4.51. The van der Waals surface area contributed by atoms with Crippen molar-refractivity contribution in [1.29, 1.82) is 0 Å². The van der Waals surface area contributed by atoms with Crippen molar-refractivity contribution in [2.75, 3.05) is 26.7 Å². The van der Waals surface area contributed by atoms with Crippen LogP contribution in [0.2, 0.25) is 0 Å². The summed E-state index contributed by atoms with van der Waals surface area (Å²) in [4.78, 5) is 33.5. The molecule has 0 bridgehead atoms. The highest BCUT2D eigenvalue weighted by atomic mass is 16.5. The number of ether oxygens (including phenoxy) is 1. The van der Waals surface area contributed by atoms with Crippen LogP contribution in [0, 0.1) is 5.92 Å². The van der Waals surface area contributed by atoms with Crippen molar-refractivity contribution >= 4 is 11.9 Å². The summed E-state index contributed by atoms with van der Waals surface area (Å²) < 4.78 is 5.35. The molecule has 1 spiro atoms. The lowest BCUT2D eigenvalue weighted by molar-refractivity contribution is -0.136. The van der Waals surface area contributed by atoms with Crippen LogP contribution in [0.15, 0.2) is 48.5 Å². The molecular formula is C29H37N3O3. The Morgan fingerprint density at radius 1 is 1.00 bits per heavy atom. The van der Waals surface area contributed by atoms with E-state index in [1.165, 1.54) is 16.0 Å². The van der Waals surface area contributed by atoms with Gasteiger partial charge in [0.1, 0.15) is 11.3 Å². The highest BCUT2D eigenvalue weighted by molar-refractivity contribution is 6.07.